The fourth-order valence-electron chi connectivity index (χ4n) is 2.87. The van der Waals surface area contributed by atoms with Gasteiger partial charge in [0.25, 0.3) is 0 Å². The molecule has 0 bridgehead atoms. The number of aromatic nitrogens is 2. The molecule has 31 heavy (non-hydrogen) atoms. The number of ether oxygens (including phenoxy) is 2. The Morgan fingerprint density at radius 3 is 2.71 bits per heavy atom. The summed E-state index contributed by atoms with van der Waals surface area (Å²) in [6, 6.07) is 9.04. The van der Waals surface area contributed by atoms with Crippen LogP contribution in [0, 0.1) is 18.8 Å². The van der Waals surface area contributed by atoms with Crippen molar-refractivity contribution in [3.63, 3.8) is 0 Å². The van der Waals surface area contributed by atoms with Crippen molar-refractivity contribution in [1.29, 1.82) is 0 Å². The Bertz CT molecular complexity index is 1160. The third-order valence-electron chi connectivity index (χ3n) is 4.27. The SMILES string of the molecule is CCOC(=O)c1nn(-c2ccc(Cl)cc2Cl)c(-c2ccc(C#CCOC(C)C)s2)c1C. The van der Waals surface area contributed by atoms with Gasteiger partial charge >= 0.3 is 5.97 Å². The van der Waals surface area contributed by atoms with Gasteiger partial charge in [0.1, 0.15) is 6.61 Å². The van der Waals surface area contributed by atoms with Crippen molar-refractivity contribution in [3.05, 3.63) is 56.5 Å². The van der Waals surface area contributed by atoms with E-state index < -0.39 is 5.97 Å². The molecule has 0 spiro atoms. The summed E-state index contributed by atoms with van der Waals surface area (Å²) in [5, 5.41) is 5.48. The van der Waals surface area contributed by atoms with Gasteiger partial charge in [0, 0.05) is 10.6 Å². The van der Waals surface area contributed by atoms with Crippen LogP contribution in [0.1, 0.15) is 41.7 Å². The number of esters is 1. The second-order valence-electron chi connectivity index (χ2n) is 6.88. The number of benzene rings is 1. The molecule has 0 aliphatic heterocycles. The molecule has 1 aromatic carbocycles. The molecule has 0 saturated heterocycles. The Morgan fingerprint density at radius 1 is 1.26 bits per heavy atom. The van der Waals surface area contributed by atoms with Crippen molar-refractivity contribution >= 4 is 40.5 Å². The van der Waals surface area contributed by atoms with Crippen LogP contribution in [-0.4, -0.2) is 35.1 Å². The second kappa shape index (κ2) is 10.3. The van der Waals surface area contributed by atoms with Crippen molar-refractivity contribution < 1.29 is 14.3 Å². The number of carbonyl (C=O) groups is 1. The van der Waals surface area contributed by atoms with Crippen LogP contribution in [0.25, 0.3) is 16.3 Å². The minimum atomic E-state index is -0.479. The molecule has 0 saturated carbocycles. The summed E-state index contributed by atoms with van der Waals surface area (Å²) in [7, 11) is 0. The zero-order valence-electron chi connectivity index (χ0n) is 17.7. The van der Waals surface area contributed by atoms with Crippen LogP contribution in [0.2, 0.25) is 10.0 Å². The number of thiophene rings is 1. The molecule has 0 atom stereocenters. The van der Waals surface area contributed by atoms with Crippen LogP contribution in [-0.2, 0) is 9.47 Å². The maximum atomic E-state index is 12.5. The summed E-state index contributed by atoms with van der Waals surface area (Å²) < 4.78 is 12.3. The van der Waals surface area contributed by atoms with Gasteiger partial charge in [-0.05, 0) is 58.0 Å². The van der Waals surface area contributed by atoms with E-state index in [1.807, 2.05) is 32.9 Å². The van der Waals surface area contributed by atoms with Crippen molar-refractivity contribution in [2.45, 2.75) is 33.8 Å². The zero-order valence-corrected chi connectivity index (χ0v) is 20.0. The lowest BCUT2D eigenvalue weighted by molar-refractivity contribution is 0.0518. The minimum Gasteiger partial charge on any atom is -0.461 e. The van der Waals surface area contributed by atoms with Gasteiger partial charge in [0.05, 0.1) is 38.9 Å². The first-order valence-electron chi connectivity index (χ1n) is 9.74. The third-order valence-corrected chi connectivity index (χ3v) is 5.81. The van der Waals surface area contributed by atoms with Gasteiger partial charge in [-0.3, -0.25) is 0 Å². The first kappa shape index (κ1) is 23.4. The van der Waals surface area contributed by atoms with Crippen LogP contribution in [0.4, 0.5) is 0 Å². The van der Waals surface area contributed by atoms with E-state index in [1.165, 1.54) is 11.3 Å². The molecule has 5 nitrogen and oxygen atoms in total. The van der Waals surface area contributed by atoms with Crippen LogP contribution >= 0.6 is 34.5 Å². The van der Waals surface area contributed by atoms with Gasteiger partial charge in [-0.2, -0.15) is 5.10 Å². The molecule has 8 heteroatoms. The van der Waals surface area contributed by atoms with E-state index in [9.17, 15) is 4.79 Å². The summed E-state index contributed by atoms with van der Waals surface area (Å²) in [6.07, 6.45) is 0.135. The highest BCUT2D eigenvalue weighted by Crippen LogP contribution is 2.36. The Hall–Kier alpha value is -2.30. The lowest BCUT2D eigenvalue weighted by atomic mass is 10.1. The van der Waals surface area contributed by atoms with E-state index >= 15 is 0 Å². The Kier molecular flexibility index (Phi) is 7.79. The highest BCUT2D eigenvalue weighted by Gasteiger charge is 2.24. The number of rotatable bonds is 6. The molecule has 162 valence electrons. The fraction of sp³-hybridized carbons (Fsp3) is 0.304. The van der Waals surface area contributed by atoms with Crippen molar-refractivity contribution in [2.24, 2.45) is 0 Å². The van der Waals surface area contributed by atoms with Crippen LogP contribution in [0.15, 0.2) is 30.3 Å². The van der Waals surface area contributed by atoms with E-state index in [2.05, 4.69) is 16.9 Å². The summed E-state index contributed by atoms with van der Waals surface area (Å²) >= 11 is 14.0. The first-order chi connectivity index (χ1) is 14.8. The lowest BCUT2D eigenvalue weighted by Gasteiger charge is -2.09. The standard InChI is InChI=1S/C23H22Cl2N2O3S/c1-5-29-23(28)21-15(4)22(27(26-21)19-10-8-16(24)13-18(19)25)20-11-9-17(31-20)7-6-12-30-14(2)3/h8-11,13-14H,5,12H2,1-4H3. The topological polar surface area (TPSA) is 53.3 Å². The fourth-order valence-corrected chi connectivity index (χ4v) is 4.33. The summed E-state index contributed by atoms with van der Waals surface area (Å²) in [5.74, 6) is 5.66. The number of carbonyl (C=O) groups excluding carboxylic acids is 1. The van der Waals surface area contributed by atoms with E-state index in [4.69, 9.17) is 32.7 Å². The Balaban J connectivity index is 2.07. The molecule has 3 aromatic rings. The number of halogens is 2. The second-order valence-corrected chi connectivity index (χ2v) is 8.80. The number of hydrogen-bond acceptors (Lipinski definition) is 5. The zero-order chi connectivity index (χ0) is 22.5. The monoisotopic (exact) mass is 476 g/mol. The summed E-state index contributed by atoms with van der Waals surface area (Å²) in [6.45, 7) is 8.18. The molecular formula is C23H22Cl2N2O3S. The molecular weight excluding hydrogens is 455 g/mol. The van der Waals surface area contributed by atoms with Crippen LogP contribution < -0.4 is 0 Å². The van der Waals surface area contributed by atoms with Crippen molar-refractivity contribution in [2.75, 3.05) is 13.2 Å². The van der Waals surface area contributed by atoms with E-state index in [0.29, 0.717) is 27.9 Å². The predicted octanol–water partition coefficient (Wildman–Crippen LogP) is 6.17. The van der Waals surface area contributed by atoms with E-state index in [0.717, 1.165) is 15.4 Å². The quantitative estimate of drug-likeness (QED) is 0.315. The highest BCUT2D eigenvalue weighted by atomic mass is 35.5. The smallest absolute Gasteiger partial charge is 0.359 e. The Labute approximate surface area is 195 Å². The molecule has 2 heterocycles. The molecule has 0 fully saturated rings. The average molecular weight is 477 g/mol. The molecule has 0 radical (unpaired) electrons. The molecule has 0 aliphatic rings. The third kappa shape index (κ3) is 5.50. The number of nitrogens with zero attached hydrogens (tertiary/aromatic N) is 2. The van der Waals surface area contributed by atoms with Gasteiger partial charge in [0.15, 0.2) is 5.69 Å². The normalized spacial score (nSPS) is 10.8. The van der Waals surface area contributed by atoms with Gasteiger partial charge in [-0.25, -0.2) is 9.48 Å². The van der Waals surface area contributed by atoms with Crippen LogP contribution in [0.5, 0.6) is 0 Å². The Morgan fingerprint density at radius 2 is 2.03 bits per heavy atom. The maximum Gasteiger partial charge on any atom is 0.359 e. The van der Waals surface area contributed by atoms with Gasteiger partial charge < -0.3 is 9.47 Å². The predicted molar refractivity (Wildman–Crippen MR) is 126 cm³/mol. The molecule has 0 N–H and O–H groups in total. The highest BCUT2D eigenvalue weighted by molar-refractivity contribution is 7.16. The molecule has 0 aliphatic carbocycles. The summed E-state index contributed by atoms with van der Waals surface area (Å²) in [4.78, 5) is 14.3. The maximum absolute atomic E-state index is 12.5. The molecule has 2 aromatic heterocycles. The minimum absolute atomic E-state index is 0.135. The van der Waals surface area contributed by atoms with Gasteiger partial charge in [-0.1, -0.05) is 35.0 Å². The number of hydrogen-bond donors (Lipinski definition) is 0. The van der Waals surface area contributed by atoms with Crippen LogP contribution in [0.3, 0.4) is 0 Å². The average Bonchev–Trinajstić information content (AvgIpc) is 3.29. The molecule has 0 amide bonds. The van der Waals surface area contributed by atoms with Gasteiger partial charge in [-0.15, -0.1) is 11.3 Å². The lowest BCUT2D eigenvalue weighted by Crippen LogP contribution is -2.07. The van der Waals surface area contributed by atoms with Gasteiger partial charge in [0.2, 0.25) is 0 Å². The molecule has 0 unspecified atom stereocenters. The summed E-state index contributed by atoms with van der Waals surface area (Å²) in [5.41, 5.74) is 2.32. The van der Waals surface area contributed by atoms with E-state index in [1.54, 1.807) is 29.8 Å². The van der Waals surface area contributed by atoms with Crippen molar-refractivity contribution in [3.8, 4) is 28.1 Å². The molecule has 3 rings (SSSR count). The largest absolute Gasteiger partial charge is 0.461 e. The van der Waals surface area contributed by atoms with Crippen molar-refractivity contribution in [1.82, 2.24) is 9.78 Å². The van der Waals surface area contributed by atoms with E-state index in [-0.39, 0.29) is 18.4 Å². The first-order valence-corrected chi connectivity index (χ1v) is 11.3.